The summed E-state index contributed by atoms with van der Waals surface area (Å²) in [6.45, 7) is 9.13. The summed E-state index contributed by atoms with van der Waals surface area (Å²) >= 11 is 3.42. The minimum Gasteiger partial charge on any atom is -0.351 e. The number of benzene rings is 1. The highest BCUT2D eigenvalue weighted by molar-refractivity contribution is 9.10. The van der Waals surface area contributed by atoms with Crippen LogP contribution in [0.15, 0.2) is 34.9 Å². The molecule has 26 heavy (non-hydrogen) atoms. The van der Waals surface area contributed by atoms with Crippen LogP contribution in [-0.4, -0.2) is 40.4 Å². The van der Waals surface area contributed by atoms with Crippen LogP contribution in [0.5, 0.6) is 0 Å². The van der Waals surface area contributed by atoms with Crippen molar-refractivity contribution in [2.45, 2.75) is 46.1 Å². The van der Waals surface area contributed by atoms with Gasteiger partial charge in [-0.05, 0) is 45.4 Å². The fourth-order valence-corrected chi connectivity index (χ4v) is 2.72. The molecule has 0 radical (unpaired) electrons. The maximum atomic E-state index is 12.6. The van der Waals surface area contributed by atoms with Crippen molar-refractivity contribution in [1.29, 1.82) is 0 Å². The van der Waals surface area contributed by atoms with Gasteiger partial charge in [0.2, 0.25) is 0 Å². The standard InChI is InChI=1S/C18H25BrN4O3/c1-5-25-16(26-6-2)12-23-11-15(21-22-23)17(24)20-18(3,4)13-7-9-14(19)10-8-13/h7-11,16H,5-6,12H2,1-4H3,(H,20,24). The molecule has 0 spiro atoms. The van der Waals surface area contributed by atoms with Crippen LogP contribution in [0.25, 0.3) is 0 Å². The number of carbonyl (C=O) groups is 1. The minimum absolute atomic E-state index is 0.252. The summed E-state index contributed by atoms with van der Waals surface area (Å²) in [5, 5.41) is 11.0. The molecule has 1 amide bonds. The van der Waals surface area contributed by atoms with Gasteiger partial charge >= 0.3 is 0 Å². The van der Waals surface area contributed by atoms with E-state index in [4.69, 9.17) is 9.47 Å². The first-order valence-corrected chi connectivity index (χ1v) is 9.37. The van der Waals surface area contributed by atoms with Crippen molar-refractivity contribution in [1.82, 2.24) is 20.3 Å². The Kier molecular flexibility index (Phi) is 7.31. The van der Waals surface area contributed by atoms with Crippen LogP contribution in [0, 0.1) is 0 Å². The van der Waals surface area contributed by atoms with E-state index in [9.17, 15) is 4.79 Å². The van der Waals surface area contributed by atoms with Crippen molar-refractivity contribution in [3.8, 4) is 0 Å². The first-order valence-electron chi connectivity index (χ1n) is 8.57. The number of aromatic nitrogens is 3. The SMILES string of the molecule is CCOC(Cn1cc(C(=O)NC(C)(C)c2ccc(Br)cc2)nn1)OCC. The highest BCUT2D eigenvalue weighted by Gasteiger charge is 2.25. The lowest BCUT2D eigenvalue weighted by molar-refractivity contribution is -0.145. The van der Waals surface area contributed by atoms with E-state index in [0.717, 1.165) is 10.0 Å². The molecule has 0 fully saturated rings. The summed E-state index contributed by atoms with van der Waals surface area (Å²) in [4.78, 5) is 12.6. The number of ether oxygens (including phenoxy) is 2. The van der Waals surface area contributed by atoms with Crippen molar-refractivity contribution in [2.75, 3.05) is 13.2 Å². The topological polar surface area (TPSA) is 78.3 Å². The first kappa shape index (κ1) is 20.5. The van der Waals surface area contributed by atoms with E-state index in [1.807, 2.05) is 52.0 Å². The van der Waals surface area contributed by atoms with Crippen molar-refractivity contribution >= 4 is 21.8 Å². The van der Waals surface area contributed by atoms with Gasteiger partial charge in [0.05, 0.1) is 18.3 Å². The third-order valence-corrected chi connectivity index (χ3v) is 4.33. The Hall–Kier alpha value is -1.77. The monoisotopic (exact) mass is 424 g/mol. The molecule has 142 valence electrons. The van der Waals surface area contributed by atoms with E-state index in [0.29, 0.717) is 19.8 Å². The fraction of sp³-hybridized carbons (Fsp3) is 0.500. The molecule has 0 aliphatic carbocycles. The van der Waals surface area contributed by atoms with E-state index in [2.05, 4.69) is 31.6 Å². The number of nitrogens with one attached hydrogen (secondary N) is 1. The van der Waals surface area contributed by atoms with E-state index < -0.39 is 11.8 Å². The van der Waals surface area contributed by atoms with Crippen LogP contribution < -0.4 is 5.32 Å². The second kappa shape index (κ2) is 9.25. The van der Waals surface area contributed by atoms with Gasteiger partial charge in [0.15, 0.2) is 12.0 Å². The Labute approximate surface area is 162 Å². The van der Waals surface area contributed by atoms with Crippen LogP contribution in [0.1, 0.15) is 43.7 Å². The summed E-state index contributed by atoms with van der Waals surface area (Å²) in [5.41, 5.74) is 0.705. The molecule has 2 aromatic rings. The zero-order valence-electron chi connectivity index (χ0n) is 15.5. The third kappa shape index (κ3) is 5.62. The summed E-state index contributed by atoms with van der Waals surface area (Å²) in [6.07, 6.45) is 1.18. The van der Waals surface area contributed by atoms with Crippen LogP contribution in [0.4, 0.5) is 0 Å². The van der Waals surface area contributed by atoms with Gasteiger partial charge in [-0.2, -0.15) is 0 Å². The zero-order chi connectivity index (χ0) is 19.2. The van der Waals surface area contributed by atoms with Gasteiger partial charge in [-0.15, -0.1) is 5.10 Å². The number of hydrogen-bond acceptors (Lipinski definition) is 5. The van der Waals surface area contributed by atoms with Gasteiger partial charge in [0.1, 0.15) is 0 Å². The number of rotatable bonds is 9. The van der Waals surface area contributed by atoms with Gasteiger partial charge in [0.25, 0.3) is 5.91 Å². The number of amides is 1. The molecule has 1 aromatic carbocycles. The van der Waals surface area contributed by atoms with Gasteiger partial charge in [-0.1, -0.05) is 33.3 Å². The van der Waals surface area contributed by atoms with Crippen LogP contribution in [-0.2, 0) is 21.6 Å². The van der Waals surface area contributed by atoms with E-state index in [1.165, 1.54) is 0 Å². The first-order chi connectivity index (χ1) is 12.4. The molecule has 1 N–H and O–H groups in total. The molecule has 0 bridgehead atoms. The normalized spacial score (nSPS) is 11.8. The molecule has 8 heteroatoms. The Morgan fingerprint density at radius 2 is 1.85 bits per heavy atom. The highest BCUT2D eigenvalue weighted by atomic mass is 79.9. The molecule has 0 aliphatic heterocycles. The molecule has 0 atom stereocenters. The lowest BCUT2D eigenvalue weighted by Crippen LogP contribution is -2.41. The molecule has 0 unspecified atom stereocenters. The Morgan fingerprint density at radius 1 is 1.23 bits per heavy atom. The van der Waals surface area contributed by atoms with Crippen molar-refractivity contribution in [2.24, 2.45) is 0 Å². The number of carbonyl (C=O) groups excluding carboxylic acids is 1. The van der Waals surface area contributed by atoms with Crippen molar-refractivity contribution in [3.63, 3.8) is 0 Å². The lowest BCUT2D eigenvalue weighted by Gasteiger charge is -2.26. The zero-order valence-corrected chi connectivity index (χ0v) is 17.1. The molecular formula is C18H25BrN4O3. The molecule has 0 aliphatic rings. The Bertz CT molecular complexity index is 709. The average molecular weight is 425 g/mol. The van der Waals surface area contributed by atoms with E-state index in [1.54, 1.807) is 10.9 Å². The van der Waals surface area contributed by atoms with E-state index in [-0.39, 0.29) is 11.6 Å². The Morgan fingerprint density at radius 3 is 2.42 bits per heavy atom. The maximum absolute atomic E-state index is 12.6. The molecule has 7 nitrogen and oxygen atoms in total. The summed E-state index contributed by atoms with van der Waals surface area (Å²) in [7, 11) is 0. The molecule has 2 rings (SSSR count). The van der Waals surface area contributed by atoms with Gasteiger partial charge in [0, 0.05) is 17.7 Å². The number of hydrogen-bond donors (Lipinski definition) is 1. The van der Waals surface area contributed by atoms with Crippen LogP contribution in [0.2, 0.25) is 0 Å². The second-order valence-electron chi connectivity index (χ2n) is 6.25. The fourth-order valence-electron chi connectivity index (χ4n) is 2.46. The molecule has 1 aromatic heterocycles. The summed E-state index contributed by atoms with van der Waals surface area (Å²) < 4.78 is 13.5. The Balaban J connectivity index is 2.03. The van der Waals surface area contributed by atoms with Crippen LogP contribution >= 0.6 is 15.9 Å². The maximum Gasteiger partial charge on any atom is 0.274 e. The smallest absolute Gasteiger partial charge is 0.274 e. The van der Waals surface area contributed by atoms with E-state index >= 15 is 0 Å². The largest absolute Gasteiger partial charge is 0.351 e. The number of nitrogens with zero attached hydrogens (tertiary/aromatic N) is 3. The number of halogens is 1. The van der Waals surface area contributed by atoms with Gasteiger partial charge in [-0.3, -0.25) is 4.79 Å². The lowest BCUT2D eigenvalue weighted by atomic mass is 9.94. The predicted octanol–water partition coefficient (Wildman–Crippen LogP) is 3.10. The molecule has 0 saturated carbocycles. The molecular weight excluding hydrogens is 400 g/mol. The minimum atomic E-state index is -0.541. The summed E-state index contributed by atoms with van der Waals surface area (Å²) in [5.74, 6) is -0.284. The van der Waals surface area contributed by atoms with Crippen molar-refractivity contribution < 1.29 is 14.3 Å². The van der Waals surface area contributed by atoms with Crippen molar-refractivity contribution in [3.05, 3.63) is 46.2 Å². The molecule has 1 heterocycles. The molecule has 0 saturated heterocycles. The van der Waals surface area contributed by atoms with Gasteiger partial charge < -0.3 is 14.8 Å². The quantitative estimate of drug-likeness (QED) is 0.625. The summed E-state index contributed by atoms with van der Waals surface area (Å²) in [6, 6.07) is 7.83. The third-order valence-electron chi connectivity index (χ3n) is 3.80. The van der Waals surface area contributed by atoms with Gasteiger partial charge in [-0.25, -0.2) is 4.68 Å². The second-order valence-corrected chi connectivity index (χ2v) is 7.17. The highest BCUT2D eigenvalue weighted by Crippen LogP contribution is 2.22. The van der Waals surface area contributed by atoms with Crippen LogP contribution in [0.3, 0.4) is 0 Å². The predicted molar refractivity (Wildman–Crippen MR) is 102 cm³/mol. The average Bonchev–Trinajstić information content (AvgIpc) is 3.04.